The number of halogens is 1. The van der Waals surface area contributed by atoms with Crippen LogP contribution in [0.25, 0.3) is 0 Å². The summed E-state index contributed by atoms with van der Waals surface area (Å²) < 4.78 is 10.9. The lowest BCUT2D eigenvalue weighted by atomic mass is 10.1. The number of hydrogen-bond acceptors (Lipinski definition) is 5. The molecule has 0 atom stereocenters. The number of aryl methyl sites for hydroxylation is 1. The van der Waals surface area contributed by atoms with Gasteiger partial charge in [0.15, 0.2) is 5.82 Å². The number of piperidine rings is 1. The summed E-state index contributed by atoms with van der Waals surface area (Å²) >= 11 is 5.92. The highest BCUT2D eigenvalue weighted by Gasteiger charge is 2.19. The standard InChI is InChI=1S/C17H22ClN3O2/c1-13-19-17(20-23-13)8-11-22-16-6-9-21(10-7-16)12-14-2-4-15(18)5-3-14/h2-5,16H,6-12H2,1H3. The van der Waals surface area contributed by atoms with Crippen molar-refractivity contribution in [3.05, 3.63) is 46.6 Å². The number of nitrogens with zero attached hydrogens (tertiary/aromatic N) is 3. The SMILES string of the molecule is Cc1nc(CCOC2CCN(Cc3ccc(Cl)cc3)CC2)no1. The minimum Gasteiger partial charge on any atom is -0.378 e. The monoisotopic (exact) mass is 335 g/mol. The van der Waals surface area contributed by atoms with Crippen LogP contribution in [0, 0.1) is 6.92 Å². The normalized spacial score (nSPS) is 16.8. The summed E-state index contributed by atoms with van der Waals surface area (Å²) in [7, 11) is 0. The van der Waals surface area contributed by atoms with Crippen molar-refractivity contribution >= 4 is 11.6 Å². The van der Waals surface area contributed by atoms with E-state index in [1.807, 2.05) is 12.1 Å². The van der Waals surface area contributed by atoms with E-state index in [1.54, 1.807) is 6.92 Å². The minimum atomic E-state index is 0.337. The summed E-state index contributed by atoms with van der Waals surface area (Å²) in [5.41, 5.74) is 1.31. The Morgan fingerprint density at radius 2 is 2.00 bits per heavy atom. The lowest BCUT2D eigenvalue weighted by Gasteiger charge is -2.31. The van der Waals surface area contributed by atoms with Crippen molar-refractivity contribution in [1.29, 1.82) is 0 Å². The van der Waals surface area contributed by atoms with E-state index in [0.29, 0.717) is 25.0 Å². The van der Waals surface area contributed by atoms with Crippen molar-refractivity contribution in [2.45, 2.75) is 38.8 Å². The number of benzene rings is 1. The molecule has 2 heterocycles. The molecule has 124 valence electrons. The molecular weight excluding hydrogens is 314 g/mol. The Bertz CT molecular complexity index is 607. The zero-order valence-corrected chi connectivity index (χ0v) is 14.1. The Hall–Kier alpha value is -1.43. The fourth-order valence-electron chi connectivity index (χ4n) is 2.84. The van der Waals surface area contributed by atoms with Crippen LogP contribution < -0.4 is 0 Å². The predicted molar refractivity (Wildman–Crippen MR) is 88.4 cm³/mol. The summed E-state index contributed by atoms with van der Waals surface area (Å²) in [4.78, 5) is 6.65. The second kappa shape index (κ2) is 7.90. The van der Waals surface area contributed by atoms with Crippen molar-refractivity contribution in [3.8, 4) is 0 Å². The van der Waals surface area contributed by atoms with Crippen molar-refractivity contribution in [2.24, 2.45) is 0 Å². The molecule has 0 amide bonds. The van der Waals surface area contributed by atoms with Crippen LogP contribution >= 0.6 is 11.6 Å². The Morgan fingerprint density at radius 1 is 1.26 bits per heavy atom. The van der Waals surface area contributed by atoms with E-state index >= 15 is 0 Å². The first-order valence-corrected chi connectivity index (χ1v) is 8.44. The van der Waals surface area contributed by atoms with E-state index < -0.39 is 0 Å². The molecular formula is C17H22ClN3O2. The summed E-state index contributed by atoms with van der Waals surface area (Å²) in [5, 5.41) is 4.67. The van der Waals surface area contributed by atoms with Crippen molar-refractivity contribution in [3.63, 3.8) is 0 Å². The van der Waals surface area contributed by atoms with Crippen LogP contribution in [0.4, 0.5) is 0 Å². The molecule has 1 aliphatic heterocycles. The van der Waals surface area contributed by atoms with E-state index in [2.05, 4.69) is 27.2 Å². The molecule has 6 heteroatoms. The maximum absolute atomic E-state index is 5.94. The van der Waals surface area contributed by atoms with Crippen LogP contribution in [0.3, 0.4) is 0 Å². The van der Waals surface area contributed by atoms with Gasteiger partial charge in [-0.25, -0.2) is 0 Å². The van der Waals surface area contributed by atoms with Gasteiger partial charge in [-0.05, 0) is 30.5 Å². The van der Waals surface area contributed by atoms with Gasteiger partial charge in [0.05, 0.1) is 12.7 Å². The smallest absolute Gasteiger partial charge is 0.223 e. The molecule has 0 radical (unpaired) electrons. The van der Waals surface area contributed by atoms with Crippen molar-refractivity contribution < 1.29 is 9.26 Å². The quantitative estimate of drug-likeness (QED) is 0.811. The third-order valence-corrected chi connectivity index (χ3v) is 4.35. The average Bonchev–Trinajstić information content (AvgIpc) is 2.97. The summed E-state index contributed by atoms with van der Waals surface area (Å²) in [6.45, 7) is 5.56. The molecule has 0 spiro atoms. The van der Waals surface area contributed by atoms with E-state index in [1.165, 1.54) is 5.56 Å². The lowest BCUT2D eigenvalue weighted by Crippen LogP contribution is -2.36. The first-order chi connectivity index (χ1) is 11.2. The maximum Gasteiger partial charge on any atom is 0.223 e. The molecule has 1 aromatic carbocycles. The number of likely N-dealkylation sites (tertiary alicyclic amines) is 1. The molecule has 2 aromatic rings. The number of ether oxygens (including phenoxy) is 1. The van der Waals surface area contributed by atoms with Gasteiger partial charge in [0, 0.05) is 38.0 Å². The molecule has 5 nitrogen and oxygen atoms in total. The highest BCUT2D eigenvalue weighted by Crippen LogP contribution is 2.17. The maximum atomic E-state index is 5.94. The molecule has 0 bridgehead atoms. The molecule has 1 aliphatic rings. The Kier molecular flexibility index (Phi) is 5.65. The van der Waals surface area contributed by atoms with E-state index in [9.17, 15) is 0 Å². The first kappa shape index (κ1) is 16.4. The molecule has 23 heavy (non-hydrogen) atoms. The van der Waals surface area contributed by atoms with Gasteiger partial charge in [-0.1, -0.05) is 28.9 Å². The van der Waals surface area contributed by atoms with Gasteiger partial charge in [0.2, 0.25) is 5.89 Å². The van der Waals surface area contributed by atoms with Gasteiger partial charge < -0.3 is 9.26 Å². The van der Waals surface area contributed by atoms with Gasteiger partial charge in [-0.15, -0.1) is 0 Å². The summed E-state index contributed by atoms with van der Waals surface area (Å²) in [6, 6.07) is 8.09. The van der Waals surface area contributed by atoms with Gasteiger partial charge in [-0.2, -0.15) is 4.98 Å². The number of aromatic nitrogens is 2. The van der Waals surface area contributed by atoms with E-state index in [4.69, 9.17) is 20.9 Å². The average molecular weight is 336 g/mol. The highest BCUT2D eigenvalue weighted by atomic mass is 35.5. The molecule has 1 fully saturated rings. The Labute approximate surface area is 141 Å². The molecule has 3 rings (SSSR count). The third-order valence-electron chi connectivity index (χ3n) is 4.10. The summed E-state index contributed by atoms with van der Waals surface area (Å²) in [6.07, 6.45) is 3.18. The molecule has 0 aliphatic carbocycles. The zero-order chi connectivity index (χ0) is 16.1. The second-order valence-electron chi connectivity index (χ2n) is 5.95. The fourth-order valence-corrected chi connectivity index (χ4v) is 2.97. The fraction of sp³-hybridized carbons (Fsp3) is 0.529. The van der Waals surface area contributed by atoms with Crippen LogP contribution in [-0.2, 0) is 17.7 Å². The highest BCUT2D eigenvalue weighted by molar-refractivity contribution is 6.30. The van der Waals surface area contributed by atoms with Gasteiger partial charge in [0.25, 0.3) is 0 Å². The van der Waals surface area contributed by atoms with E-state index in [0.717, 1.165) is 43.3 Å². The molecule has 1 aromatic heterocycles. The lowest BCUT2D eigenvalue weighted by molar-refractivity contribution is 0.00676. The third kappa shape index (κ3) is 5.03. The van der Waals surface area contributed by atoms with Crippen LogP contribution in [0.1, 0.15) is 30.1 Å². The largest absolute Gasteiger partial charge is 0.378 e. The summed E-state index contributed by atoms with van der Waals surface area (Å²) in [5.74, 6) is 1.33. The van der Waals surface area contributed by atoms with Crippen LogP contribution in [-0.4, -0.2) is 40.8 Å². The van der Waals surface area contributed by atoms with Crippen molar-refractivity contribution in [2.75, 3.05) is 19.7 Å². The molecule has 1 saturated heterocycles. The molecule has 0 saturated carbocycles. The van der Waals surface area contributed by atoms with Crippen molar-refractivity contribution in [1.82, 2.24) is 15.0 Å². The number of hydrogen-bond donors (Lipinski definition) is 0. The predicted octanol–water partition coefficient (Wildman–Crippen LogP) is 3.26. The van der Waals surface area contributed by atoms with Gasteiger partial charge >= 0.3 is 0 Å². The van der Waals surface area contributed by atoms with Gasteiger partial charge in [-0.3, -0.25) is 4.90 Å². The minimum absolute atomic E-state index is 0.337. The molecule has 0 unspecified atom stereocenters. The number of rotatable bonds is 6. The zero-order valence-electron chi connectivity index (χ0n) is 13.4. The Balaban J connectivity index is 1.36. The van der Waals surface area contributed by atoms with Crippen LogP contribution in [0.5, 0.6) is 0 Å². The van der Waals surface area contributed by atoms with Crippen LogP contribution in [0.2, 0.25) is 5.02 Å². The Morgan fingerprint density at radius 3 is 2.65 bits per heavy atom. The van der Waals surface area contributed by atoms with Gasteiger partial charge in [0.1, 0.15) is 0 Å². The molecule has 0 N–H and O–H groups in total. The van der Waals surface area contributed by atoms with E-state index in [-0.39, 0.29) is 0 Å². The first-order valence-electron chi connectivity index (χ1n) is 8.06. The second-order valence-corrected chi connectivity index (χ2v) is 6.39. The topological polar surface area (TPSA) is 51.4 Å². The van der Waals surface area contributed by atoms with Crippen LogP contribution in [0.15, 0.2) is 28.8 Å².